The number of para-hydroxylation sites is 1. The van der Waals surface area contributed by atoms with E-state index >= 15 is 0 Å². The first-order valence-corrected chi connectivity index (χ1v) is 5.73. The molecule has 0 atom stereocenters. The average molecular weight is 234 g/mol. The van der Waals surface area contributed by atoms with E-state index in [0.29, 0.717) is 5.16 Å². The predicted molar refractivity (Wildman–Crippen MR) is 62.6 cm³/mol. The lowest BCUT2D eigenvalue weighted by atomic mass is 10.2. The minimum absolute atomic E-state index is 0.0161. The summed E-state index contributed by atoms with van der Waals surface area (Å²) in [5, 5.41) is 10.1. The van der Waals surface area contributed by atoms with Crippen molar-refractivity contribution in [2.75, 3.05) is 5.75 Å². The molecule has 0 unspecified atom stereocenters. The van der Waals surface area contributed by atoms with Gasteiger partial charge in [-0.2, -0.15) is 0 Å². The highest BCUT2D eigenvalue weighted by Gasteiger charge is 2.06. The second-order valence-corrected chi connectivity index (χ2v) is 4.23. The Morgan fingerprint density at radius 3 is 2.88 bits per heavy atom. The summed E-state index contributed by atoms with van der Waals surface area (Å²) in [6.07, 6.45) is 0. The lowest BCUT2D eigenvalue weighted by molar-refractivity contribution is -0.133. The molecule has 1 aromatic heterocycles. The van der Waals surface area contributed by atoms with E-state index in [4.69, 9.17) is 5.11 Å². The minimum Gasteiger partial charge on any atom is -0.481 e. The van der Waals surface area contributed by atoms with Gasteiger partial charge < -0.3 is 5.11 Å². The molecule has 2 aromatic rings. The Hall–Kier alpha value is -1.62. The van der Waals surface area contributed by atoms with Crippen molar-refractivity contribution >= 4 is 28.6 Å². The molecule has 2 rings (SSSR count). The number of aryl methyl sites for hydroxylation is 1. The highest BCUT2D eigenvalue weighted by Crippen LogP contribution is 2.19. The van der Waals surface area contributed by atoms with E-state index in [0.717, 1.165) is 28.4 Å². The molecular formula is C11H10N2O2S. The molecule has 5 heteroatoms. The SMILES string of the molecule is Cc1nc(SCC(=O)O)nc2ccccc12. The summed E-state index contributed by atoms with van der Waals surface area (Å²) in [7, 11) is 0. The second kappa shape index (κ2) is 4.49. The molecule has 1 aromatic carbocycles. The molecule has 1 heterocycles. The van der Waals surface area contributed by atoms with Crippen LogP contribution in [0.2, 0.25) is 0 Å². The van der Waals surface area contributed by atoms with Crippen molar-refractivity contribution in [2.24, 2.45) is 0 Å². The summed E-state index contributed by atoms with van der Waals surface area (Å²) in [6, 6.07) is 7.69. The molecule has 82 valence electrons. The van der Waals surface area contributed by atoms with E-state index in [1.54, 1.807) is 0 Å². The Labute approximate surface area is 96.7 Å². The number of hydrogen-bond donors (Lipinski definition) is 1. The summed E-state index contributed by atoms with van der Waals surface area (Å²) in [4.78, 5) is 19.0. The van der Waals surface area contributed by atoms with E-state index in [2.05, 4.69) is 9.97 Å². The monoisotopic (exact) mass is 234 g/mol. The molecule has 4 nitrogen and oxygen atoms in total. The van der Waals surface area contributed by atoms with Gasteiger partial charge in [-0.15, -0.1) is 0 Å². The number of carboxylic acid groups (broad SMARTS) is 1. The molecule has 0 radical (unpaired) electrons. The first kappa shape index (κ1) is 10.9. The second-order valence-electron chi connectivity index (χ2n) is 3.29. The van der Waals surface area contributed by atoms with Crippen molar-refractivity contribution in [1.29, 1.82) is 0 Å². The maximum atomic E-state index is 10.4. The van der Waals surface area contributed by atoms with Crippen LogP contribution in [-0.2, 0) is 4.79 Å². The van der Waals surface area contributed by atoms with Crippen LogP contribution in [-0.4, -0.2) is 26.8 Å². The van der Waals surface area contributed by atoms with Gasteiger partial charge in [0.25, 0.3) is 0 Å². The van der Waals surface area contributed by atoms with E-state index < -0.39 is 5.97 Å². The molecule has 0 aliphatic rings. The van der Waals surface area contributed by atoms with Gasteiger partial charge in [0.15, 0.2) is 5.16 Å². The van der Waals surface area contributed by atoms with E-state index in [-0.39, 0.29) is 5.75 Å². The molecule has 0 amide bonds. The molecule has 0 saturated heterocycles. The quantitative estimate of drug-likeness (QED) is 0.651. The molecule has 0 aliphatic carbocycles. The van der Waals surface area contributed by atoms with Gasteiger partial charge in [-0.3, -0.25) is 4.79 Å². The number of rotatable bonds is 3. The standard InChI is InChI=1S/C11H10N2O2S/c1-7-8-4-2-3-5-9(8)13-11(12-7)16-6-10(14)15/h2-5H,6H2,1H3,(H,14,15). The molecular weight excluding hydrogens is 224 g/mol. The van der Waals surface area contributed by atoms with Crippen molar-refractivity contribution in [3.63, 3.8) is 0 Å². The van der Waals surface area contributed by atoms with Gasteiger partial charge in [0.1, 0.15) is 0 Å². The smallest absolute Gasteiger partial charge is 0.313 e. The van der Waals surface area contributed by atoms with E-state index in [9.17, 15) is 4.79 Å². The molecule has 0 bridgehead atoms. The van der Waals surface area contributed by atoms with Crippen LogP contribution in [0.5, 0.6) is 0 Å². The summed E-state index contributed by atoms with van der Waals surface area (Å²) in [6.45, 7) is 1.90. The van der Waals surface area contributed by atoms with Gasteiger partial charge in [-0.1, -0.05) is 30.0 Å². The third-order valence-corrected chi connectivity index (χ3v) is 2.93. The molecule has 0 aliphatic heterocycles. The third-order valence-electron chi connectivity index (χ3n) is 2.10. The summed E-state index contributed by atoms with van der Waals surface area (Å²) >= 11 is 1.14. The number of nitrogens with zero attached hydrogens (tertiary/aromatic N) is 2. The maximum absolute atomic E-state index is 10.4. The van der Waals surface area contributed by atoms with Crippen molar-refractivity contribution in [1.82, 2.24) is 9.97 Å². The average Bonchev–Trinajstić information content (AvgIpc) is 2.26. The van der Waals surface area contributed by atoms with Crippen LogP contribution in [0.3, 0.4) is 0 Å². The Morgan fingerprint density at radius 2 is 2.12 bits per heavy atom. The van der Waals surface area contributed by atoms with Crippen LogP contribution in [0.15, 0.2) is 29.4 Å². The Kier molecular flexibility index (Phi) is 3.05. The fraction of sp³-hybridized carbons (Fsp3) is 0.182. The Bertz CT molecular complexity index is 542. The number of aromatic nitrogens is 2. The normalized spacial score (nSPS) is 10.6. The molecule has 16 heavy (non-hydrogen) atoms. The maximum Gasteiger partial charge on any atom is 0.313 e. The fourth-order valence-electron chi connectivity index (χ4n) is 1.40. The number of fused-ring (bicyclic) bond motifs is 1. The lowest BCUT2D eigenvalue weighted by Gasteiger charge is -2.03. The Morgan fingerprint density at radius 1 is 1.38 bits per heavy atom. The van der Waals surface area contributed by atoms with Crippen LogP contribution in [0, 0.1) is 6.92 Å². The van der Waals surface area contributed by atoms with Crippen LogP contribution in [0.1, 0.15) is 5.69 Å². The van der Waals surface area contributed by atoms with Crippen molar-refractivity contribution in [2.45, 2.75) is 12.1 Å². The zero-order valence-corrected chi connectivity index (χ0v) is 9.49. The van der Waals surface area contributed by atoms with Crippen molar-refractivity contribution < 1.29 is 9.90 Å². The molecule has 0 fully saturated rings. The van der Waals surface area contributed by atoms with Gasteiger partial charge in [-0.25, -0.2) is 9.97 Å². The number of carbonyl (C=O) groups is 1. The topological polar surface area (TPSA) is 63.1 Å². The zero-order chi connectivity index (χ0) is 11.5. The van der Waals surface area contributed by atoms with E-state index in [1.165, 1.54) is 0 Å². The first-order chi connectivity index (χ1) is 7.66. The van der Waals surface area contributed by atoms with E-state index in [1.807, 2.05) is 31.2 Å². The number of hydrogen-bond acceptors (Lipinski definition) is 4. The first-order valence-electron chi connectivity index (χ1n) is 4.75. The number of benzene rings is 1. The van der Waals surface area contributed by atoms with Gasteiger partial charge in [0.05, 0.1) is 11.3 Å². The zero-order valence-electron chi connectivity index (χ0n) is 8.67. The third kappa shape index (κ3) is 2.30. The van der Waals surface area contributed by atoms with Crippen molar-refractivity contribution in [3.05, 3.63) is 30.0 Å². The highest BCUT2D eigenvalue weighted by molar-refractivity contribution is 7.99. The summed E-state index contributed by atoms with van der Waals surface area (Å²) < 4.78 is 0. The molecule has 0 saturated carbocycles. The highest BCUT2D eigenvalue weighted by atomic mass is 32.2. The van der Waals surface area contributed by atoms with Crippen LogP contribution < -0.4 is 0 Å². The predicted octanol–water partition coefficient (Wildman–Crippen LogP) is 2.11. The van der Waals surface area contributed by atoms with Crippen molar-refractivity contribution in [3.8, 4) is 0 Å². The van der Waals surface area contributed by atoms with Crippen LogP contribution in [0.4, 0.5) is 0 Å². The summed E-state index contributed by atoms with van der Waals surface area (Å²) in [5.41, 5.74) is 1.72. The Balaban J connectivity index is 2.38. The van der Waals surface area contributed by atoms with Gasteiger partial charge in [0, 0.05) is 11.1 Å². The van der Waals surface area contributed by atoms with Gasteiger partial charge in [0.2, 0.25) is 0 Å². The fourth-order valence-corrected chi connectivity index (χ4v) is 2.02. The molecule has 1 N–H and O–H groups in total. The van der Waals surface area contributed by atoms with Crippen LogP contribution in [0.25, 0.3) is 10.9 Å². The van der Waals surface area contributed by atoms with Gasteiger partial charge in [-0.05, 0) is 13.0 Å². The number of carboxylic acids is 1. The molecule has 0 spiro atoms. The van der Waals surface area contributed by atoms with Crippen LogP contribution >= 0.6 is 11.8 Å². The summed E-state index contributed by atoms with van der Waals surface area (Å²) in [5.74, 6) is -0.878. The number of aliphatic carboxylic acids is 1. The van der Waals surface area contributed by atoms with Gasteiger partial charge >= 0.3 is 5.97 Å². The lowest BCUT2D eigenvalue weighted by Crippen LogP contribution is -2.00. The number of thioether (sulfide) groups is 1. The largest absolute Gasteiger partial charge is 0.481 e. The minimum atomic E-state index is -0.862.